The molecule has 2 heterocycles. The van der Waals surface area contributed by atoms with E-state index in [1.54, 1.807) is 27.1 Å². The molecule has 0 aliphatic rings. The minimum Gasteiger partial charge on any atom is -0.372 e. The number of carbonyl (C=O) groups is 2. The zero-order valence-corrected chi connectivity index (χ0v) is 14.0. The van der Waals surface area contributed by atoms with Crippen LogP contribution in [-0.4, -0.2) is 52.3 Å². The molecule has 1 atom stereocenters. The van der Waals surface area contributed by atoms with Crippen molar-refractivity contribution in [2.24, 2.45) is 0 Å². The fourth-order valence-electron chi connectivity index (χ4n) is 2.10. The molecule has 0 saturated heterocycles. The highest BCUT2D eigenvalue weighted by atomic mass is 16.2. The first-order valence-corrected chi connectivity index (χ1v) is 7.36. The minimum absolute atomic E-state index is 0.127. The van der Waals surface area contributed by atoms with E-state index >= 15 is 0 Å². The van der Waals surface area contributed by atoms with Gasteiger partial charge in [0, 0.05) is 25.9 Å². The molecule has 2 N–H and O–H groups in total. The van der Waals surface area contributed by atoms with Crippen LogP contribution >= 0.6 is 0 Å². The van der Waals surface area contributed by atoms with E-state index in [0.717, 1.165) is 0 Å². The second kappa shape index (κ2) is 7.83. The van der Waals surface area contributed by atoms with Gasteiger partial charge in [-0.1, -0.05) is 0 Å². The average Bonchev–Trinajstić information content (AvgIpc) is 2.61. The molecule has 2 aromatic heterocycles. The number of nitrogens with one attached hydrogen (secondary N) is 2. The monoisotopic (exact) mass is 339 g/mol. The van der Waals surface area contributed by atoms with Gasteiger partial charge >= 0.3 is 0 Å². The molecule has 0 radical (unpaired) electrons. The lowest BCUT2D eigenvalue weighted by Gasteiger charge is -2.19. The van der Waals surface area contributed by atoms with Crippen molar-refractivity contribution in [2.75, 3.05) is 24.7 Å². The molecule has 2 amide bonds. The van der Waals surface area contributed by atoms with E-state index in [4.69, 9.17) is 0 Å². The lowest BCUT2D eigenvalue weighted by Crippen LogP contribution is -2.36. The molecule has 128 valence electrons. The van der Waals surface area contributed by atoms with Crippen molar-refractivity contribution < 1.29 is 9.59 Å². The SMILES string of the molecule is CC(Nc1cc(-c2cnc(NC=O)cn2)cnc1C#N)C(=O)N(C)C. The van der Waals surface area contributed by atoms with E-state index in [0.29, 0.717) is 29.2 Å². The summed E-state index contributed by atoms with van der Waals surface area (Å²) in [5.74, 6) is 0.197. The van der Waals surface area contributed by atoms with Gasteiger partial charge in [-0.3, -0.25) is 14.6 Å². The van der Waals surface area contributed by atoms with Crippen molar-refractivity contribution in [3.8, 4) is 17.3 Å². The van der Waals surface area contributed by atoms with Gasteiger partial charge in [-0.2, -0.15) is 5.26 Å². The molecule has 0 bridgehead atoms. The molecule has 0 spiro atoms. The molecular formula is C16H17N7O2. The van der Waals surface area contributed by atoms with Gasteiger partial charge in [-0.15, -0.1) is 0 Å². The summed E-state index contributed by atoms with van der Waals surface area (Å²) in [6, 6.07) is 3.15. The number of anilines is 2. The third-order valence-corrected chi connectivity index (χ3v) is 3.33. The van der Waals surface area contributed by atoms with E-state index in [1.807, 2.05) is 6.07 Å². The number of rotatable bonds is 6. The lowest BCUT2D eigenvalue weighted by atomic mass is 10.1. The van der Waals surface area contributed by atoms with Crippen molar-refractivity contribution in [3.05, 3.63) is 30.4 Å². The first kappa shape index (κ1) is 17.8. The molecule has 2 rings (SSSR count). The summed E-state index contributed by atoms with van der Waals surface area (Å²) in [5, 5.41) is 14.6. The lowest BCUT2D eigenvalue weighted by molar-refractivity contribution is -0.129. The fraction of sp³-hybridized carbons (Fsp3) is 0.250. The zero-order valence-electron chi connectivity index (χ0n) is 14.0. The summed E-state index contributed by atoms with van der Waals surface area (Å²) in [4.78, 5) is 36.2. The van der Waals surface area contributed by atoms with Gasteiger partial charge in [0.05, 0.1) is 23.8 Å². The number of pyridine rings is 1. The van der Waals surface area contributed by atoms with Crippen LogP contribution in [0, 0.1) is 11.3 Å². The molecule has 25 heavy (non-hydrogen) atoms. The van der Waals surface area contributed by atoms with Gasteiger partial charge in [0.2, 0.25) is 12.3 Å². The molecule has 9 heteroatoms. The Morgan fingerprint density at radius 3 is 2.60 bits per heavy atom. The zero-order chi connectivity index (χ0) is 18.4. The highest BCUT2D eigenvalue weighted by Gasteiger charge is 2.17. The molecule has 1 unspecified atom stereocenters. The Morgan fingerprint density at radius 2 is 2.04 bits per heavy atom. The second-order valence-corrected chi connectivity index (χ2v) is 5.38. The summed E-state index contributed by atoms with van der Waals surface area (Å²) in [6.07, 6.45) is 4.90. The number of nitrogens with zero attached hydrogens (tertiary/aromatic N) is 5. The first-order chi connectivity index (χ1) is 12.0. The van der Waals surface area contributed by atoms with Crippen molar-refractivity contribution in [1.82, 2.24) is 19.9 Å². The summed E-state index contributed by atoms with van der Waals surface area (Å²) in [7, 11) is 3.32. The highest BCUT2D eigenvalue weighted by molar-refractivity contribution is 5.84. The van der Waals surface area contributed by atoms with E-state index < -0.39 is 6.04 Å². The Hall–Kier alpha value is -3.54. The topological polar surface area (TPSA) is 124 Å². The Bertz CT molecular complexity index is 812. The van der Waals surface area contributed by atoms with Gasteiger partial charge < -0.3 is 15.5 Å². The largest absolute Gasteiger partial charge is 0.372 e. The number of nitriles is 1. The maximum absolute atomic E-state index is 12.0. The summed E-state index contributed by atoms with van der Waals surface area (Å²) in [5.41, 5.74) is 1.74. The molecule has 0 saturated carbocycles. The second-order valence-electron chi connectivity index (χ2n) is 5.38. The summed E-state index contributed by atoms with van der Waals surface area (Å²) in [6.45, 7) is 1.70. The van der Waals surface area contributed by atoms with E-state index in [9.17, 15) is 14.9 Å². The van der Waals surface area contributed by atoms with Crippen molar-refractivity contribution in [1.29, 1.82) is 5.26 Å². The summed E-state index contributed by atoms with van der Waals surface area (Å²) >= 11 is 0. The van der Waals surface area contributed by atoms with Crippen LogP contribution in [0.5, 0.6) is 0 Å². The van der Waals surface area contributed by atoms with Gasteiger partial charge in [-0.05, 0) is 13.0 Å². The van der Waals surface area contributed by atoms with Crippen LogP contribution in [0.2, 0.25) is 0 Å². The van der Waals surface area contributed by atoms with E-state index in [2.05, 4.69) is 25.6 Å². The predicted octanol–water partition coefficient (Wildman–Crippen LogP) is 0.867. The first-order valence-electron chi connectivity index (χ1n) is 7.36. The standard InChI is InChI=1S/C16H17N7O2/c1-10(16(25)23(2)3)22-12-4-11(6-18-13(12)5-17)14-7-20-15(8-19-14)21-9-24/h4,6-10,22H,1-3H3,(H,20,21,24). The number of hydrogen-bond donors (Lipinski definition) is 2. The van der Waals surface area contributed by atoms with Crippen molar-refractivity contribution in [2.45, 2.75) is 13.0 Å². The van der Waals surface area contributed by atoms with Crippen LogP contribution in [-0.2, 0) is 9.59 Å². The van der Waals surface area contributed by atoms with Crippen molar-refractivity contribution >= 4 is 23.8 Å². The molecule has 2 aromatic rings. The number of aromatic nitrogens is 3. The molecule has 0 fully saturated rings. The van der Waals surface area contributed by atoms with Gasteiger partial charge in [0.15, 0.2) is 11.5 Å². The van der Waals surface area contributed by atoms with Crippen LogP contribution in [0.4, 0.5) is 11.5 Å². The summed E-state index contributed by atoms with van der Waals surface area (Å²) < 4.78 is 0. The molecular weight excluding hydrogens is 322 g/mol. The fourth-order valence-corrected chi connectivity index (χ4v) is 2.10. The van der Waals surface area contributed by atoms with Crippen molar-refractivity contribution in [3.63, 3.8) is 0 Å². The number of likely N-dealkylation sites (N-methyl/N-ethyl adjacent to an activating group) is 1. The third kappa shape index (κ3) is 4.26. The number of hydrogen-bond acceptors (Lipinski definition) is 7. The maximum atomic E-state index is 12.0. The Morgan fingerprint density at radius 1 is 1.28 bits per heavy atom. The Kier molecular flexibility index (Phi) is 5.58. The normalized spacial score (nSPS) is 11.1. The number of carbonyl (C=O) groups excluding carboxylic acids is 2. The molecule has 0 aromatic carbocycles. The van der Waals surface area contributed by atoms with Crippen LogP contribution in [0.25, 0.3) is 11.3 Å². The highest BCUT2D eigenvalue weighted by Crippen LogP contribution is 2.23. The van der Waals surface area contributed by atoms with Gasteiger partial charge in [0.25, 0.3) is 0 Å². The van der Waals surface area contributed by atoms with Crippen LogP contribution in [0.15, 0.2) is 24.7 Å². The van der Waals surface area contributed by atoms with Crippen LogP contribution in [0.3, 0.4) is 0 Å². The quantitative estimate of drug-likeness (QED) is 0.748. The predicted molar refractivity (Wildman–Crippen MR) is 91.4 cm³/mol. The van der Waals surface area contributed by atoms with Gasteiger partial charge in [0.1, 0.15) is 12.1 Å². The Balaban J connectivity index is 2.31. The molecule has 0 aliphatic carbocycles. The number of amides is 2. The third-order valence-electron chi connectivity index (χ3n) is 3.33. The Labute approximate surface area is 144 Å². The van der Waals surface area contributed by atoms with Crippen LogP contribution in [0.1, 0.15) is 12.6 Å². The minimum atomic E-state index is -0.524. The molecule has 0 aliphatic heterocycles. The maximum Gasteiger partial charge on any atom is 0.244 e. The van der Waals surface area contributed by atoms with E-state index in [-0.39, 0.29) is 11.6 Å². The smallest absolute Gasteiger partial charge is 0.244 e. The molecule has 9 nitrogen and oxygen atoms in total. The average molecular weight is 339 g/mol. The van der Waals surface area contributed by atoms with Gasteiger partial charge in [-0.25, -0.2) is 9.97 Å². The van der Waals surface area contributed by atoms with Crippen LogP contribution < -0.4 is 10.6 Å². The van der Waals surface area contributed by atoms with E-state index in [1.165, 1.54) is 23.5 Å².